The van der Waals surface area contributed by atoms with Crippen molar-refractivity contribution in [2.75, 3.05) is 6.61 Å². The van der Waals surface area contributed by atoms with Gasteiger partial charge >= 0.3 is 6.09 Å². The monoisotopic (exact) mass is 250 g/mol. The van der Waals surface area contributed by atoms with Crippen molar-refractivity contribution in [1.29, 1.82) is 0 Å². The molecule has 0 fully saturated rings. The van der Waals surface area contributed by atoms with E-state index < -0.39 is 6.09 Å². The minimum absolute atomic E-state index is 0.128. The highest BCUT2D eigenvalue weighted by molar-refractivity contribution is 5.67. The summed E-state index contributed by atoms with van der Waals surface area (Å²) in [6.07, 6.45) is 1.19. The van der Waals surface area contributed by atoms with Gasteiger partial charge in [-0.3, -0.25) is 0 Å². The molecule has 4 heteroatoms. The molecule has 0 aliphatic carbocycles. The molecule has 4 nitrogen and oxygen atoms in total. The Kier molecular flexibility index (Phi) is 6.22. The normalized spacial score (nSPS) is 13.7. The summed E-state index contributed by atoms with van der Waals surface area (Å²) in [5.74, 6) is 0. The van der Waals surface area contributed by atoms with Crippen LogP contribution in [0.5, 0.6) is 0 Å². The van der Waals surface area contributed by atoms with Crippen molar-refractivity contribution >= 4 is 6.09 Å². The van der Waals surface area contributed by atoms with Crippen LogP contribution in [0, 0.1) is 0 Å². The number of ether oxygens (including phenoxy) is 1. The zero-order valence-corrected chi connectivity index (χ0v) is 11.1. The number of hydrogen-bond donors (Lipinski definition) is 2. The first-order valence-electron chi connectivity index (χ1n) is 6.34. The quantitative estimate of drug-likeness (QED) is 0.812. The van der Waals surface area contributed by atoms with Gasteiger partial charge in [0.25, 0.3) is 0 Å². The Bertz CT molecular complexity index is 354. The van der Waals surface area contributed by atoms with Crippen LogP contribution in [0.3, 0.4) is 0 Å². The molecule has 0 bridgehead atoms. The summed E-state index contributed by atoms with van der Waals surface area (Å²) in [5, 5.41) is 2.73. The number of nitrogens with one attached hydrogen (secondary N) is 1. The van der Waals surface area contributed by atoms with Crippen LogP contribution in [-0.2, 0) is 11.2 Å². The number of carbonyl (C=O) groups is 1. The lowest BCUT2D eigenvalue weighted by molar-refractivity contribution is 0.135. The number of benzene rings is 1. The van der Waals surface area contributed by atoms with Crippen molar-refractivity contribution in [3.05, 3.63) is 35.9 Å². The molecule has 1 amide bonds. The van der Waals surface area contributed by atoms with Gasteiger partial charge < -0.3 is 15.8 Å². The van der Waals surface area contributed by atoms with E-state index in [0.29, 0.717) is 6.42 Å². The van der Waals surface area contributed by atoms with Gasteiger partial charge in [-0.15, -0.1) is 0 Å². The third kappa shape index (κ3) is 5.68. The molecule has 1 aromatic carbocycles. The molecule has 0 saturated heterocycles. The van der Waals surface area contributed by atoms with E-state index in [1.807, 2.05) is 44.2 Å². The van der Waals surface area contributed by atoms with E-state index in [-0.39, 0.29) is 18.7 Å². The minimum Gasteiger partial charge on any atom is -0.448 e. The molecule has 18 heavy (non-hydrogen) atoms. The zero-order valence-electron chi connectivity index (χ0n) is 11.1. The number of alkyl carbamates (subject to hydrolysis) is 1. The SMILES string of the molecule is CCC(C)NC(=O)OC[C@H](N)Cc1ccccc1. The van der Waals surface area contributed by atoms with Gasteiger partial charge in [-0.2, -0.15) is 0 Å². The average Bonchev–Trinajstić information content (AvgIpc) is 2.37. The lowest BCUT2D eigenvalue weighted by atomic mass is 10.1. The molecule has 2 atom stereocenters. The summed E-state index contributed by atoms with van der Waals surface area (Å²) in [6, 6.07) is 9.89. The van der Waals surface area contributed by atoms with Crippen LogP contribution >= 0.6 is 0 Å². The maximum absolute atomic E-state index is 11.4. The Morgan fingerprint density at radius 2 is 2.06 bits per heavy atom. The van der Waals surface area contributed by atoms with Gasteiger partial charge in [-0.1, -0.05) is 37.3 Å². The first-order chi connectivity index (χ1) is 8.61. The van der Waals surface area contributed by atoms with E-state index in [9.17, 15) is 4.79 Å². The summed E-state index contributed by atoms with van der Waals surface area (Å²) in [7, 11) is 0. The smallest absolute Gasteiger partial charge is 0.407 e. The third-order valence-corrected chi connectivity index (χ3v) is 2.75. The second-order valence-electron chi connectivity index (χ2n) is 4.50. The van der Waals surface area contributed by atoms with Gasteiger partial charge in [0.1, 0.15) is 6.61 Å². The molecule has 1 rings (SSSR count). The lowest BCUT2D eigenvalue weighted by Gasteiger charge is -2.15. The van der Waals surface area contributed by atoms with Crippen LogP contribution in [0.25, 0.3) is 0 Å². The lowest BCUT2D eigenvalue weighted by Crippen LogP contribution is -2.36. The molecular weight excluding hydrogens is 228 g/mol. The van der Waals surface area contributed by atoms with Gasteiger partial charge in [0.05, 0.1) is 0 Å². The largest absolute Gasteiger partial charge is 0.448 e. The minimum atomic E-state index is -0.395. The molecular formula is C14H22N2O2. The zero-order chi connectivity index (χ0) is 13.4. The number of amides is 1. The maximum atomic E-state index is 11.4. The van der Waals surface area contributed by atoms with E-state index in [0.717, 1.165) is 12.0 Å². The highest BCUT2D eigenvalue weighted by atomic mass is 16.5. The molecule has 0 aliphatic rings. The average molecular weight is 250 g/mol. The Morgan fingerprint density at radius 1 is 1.39 bits per heavy atom. The van der Waals surface area contributed by atoms with Crippen LogP contribution in [0.4, 0.5) is 4.79 Å². The van der Waals surface area contributed by atoms with E-state index in [4.69, 9.17) is 10.5 Å². The molecule has 100 valence electrons. The van der Waals surface area contributed by atoms with Gasteiger partial charge in [-0.25, -0.2) is 4.79 Å². The summed E-state index contributed by atoms with van der Waals surface area (Å²) < 4.78 is 5.07. The third-order valence-electron chi connectivity index (χ3n) is 2.75. The van der Waals surface area contributed by atoms with Gasteiger partial charge in [0.2, 0.25) is 0 Å². The molecule has 1 aromatic rings. The van der Waals surface area contributed by atoms with Crippen LogP contribution in [-0.4, -0.2) is 24.8 Å². The van der Waals surface area contributed by atoms with E-state index in [1.54, 1.807) is 0 Å². The summed E-state index contributed by atoms with van der Waals surface area (Å²) in [4.78, 5) is 11.4. The van der Waals surface area contributed by atoms with Gasteiger partial charge in [-0.05, 0) is 25.3 Å². The Labute approximate surface area is 109 Å². The summed E-state index contributed by atoms with van der Waals surface area (Å²) in [6.45, 7) is 4.18. The fourth-order valence-electron chi connectivity index (χ4n) is 1.50. The number of carbonyl (C=O) groups excluding carboxylic acids is 1. The Hall–Kier alpha value is -1.55. The van der Waals surface area contributed by atoms with Crippen molar-refractivity contribution < 1.29 is 9.53 Å². The predicted molar refractivity (Wildman–Crippen MR) is 72.4 cm³/mol. The Morgan fingerprint density at radius 3 is 2.67 bits per heavy atom. The van der Waals surface area contributed by atoms with Crippen molar-refractivity contribution in [3.63, 3.8) is 0 Å². The first-order valence-corrected chi connectivity index (χ1v) is 6.34. The highest BCUT2D eigenvalue weighted by Crippen LogP contribution is 2.02. The van der Waals surface area contributed by atoms with Crippen molar-refractivity contribution in [3.8, 4) is 0 Å². The van der Waals surface area contributed by atoms with Gasteiger partial charge in [0.15, 0.2) is 0 Å². The van der Waals surface area contributed by atoms with Crippen molar-refractivity contribution in [2.45, 2.75) is 38.8 Å². The standard InChI is InChI=1S/C14H22N2O2/c1-3-11(2)16-14(17)18-10-13(15)9-12-7-5-4-6-8-12/h4-8,11,13H,3,9-10,15H2,1-2H3,(H,16,17)/t11?,13-/m1/s1. The number of rotatable bonds is 6. The fourth-order valence-corrected chi connectivity index (χ4v) is 1.50. The van der Waals surface area contributed by atoms with Crippen LogP contribution in [0.15, 0.2) is 30.3 Å². The molecule has 0 spiro atoms. The molecule has 0 heterocycles. The van der Waals surface area contributed by atoms with Gasteiger partial charge in [0, 0.05) is 12.1 Å². The molecule has 1 unspecified atom stereocenters. The second-order valence-corrected chi connectivity index (χ2v) is 4.50. The number of nitrogens with two attached hydrogens (primary N) is 1. The topological polar surface area (TPSA) is 64.3 Å². The second kappa shape index (κ2) is 7.71. The molecule has 0 saturated carbocycles. The first kappa shape index (κ1) is 14.5. The number of hydrogen-bond acceptors (Lipinski definition) is 3. The van der Waals surface area contributed by atoms with E-state index >= 15 is 0 Å². The van der Waals surface area contributed by atoms with Crippen LogP contribution < -0.4 is 11.1 Å². The van der Waals surface area contributed by atoms with Crippen LogP contribution in [0.2, 0.25) is 0 Å². The summed E-state index contributed by atoms with van der Waals surface area (Å²) in [5.41, 5.74) is 7.06. The van der Waals surface area contributed by atoms with Crippen LogP contribution in [0.1, 0.15) is 25.8 Å². The molecule has 0 aromatic heterocycles. The Balaban J connectivity index is 2.25. The predicted octanol–water partition coefficient (Wildman–Crippen LogP) is 2.08. The molecule has 3 N–H and O–H groups in total. The fraction of sp³-hybridized carbons (Fsp3) is 0.500. The molecule has 0 aliphatic heterocycles. The van der Waals surface area contributed by atoms with E-state index in [2.05, 4.69) is 5.32 Å². The van der Waals surface area contributed by atoms with Crippen molar-refractivity contribution in [2.24, 2.45) is 5.73 Å². The van der Waals surface area contributed by atoms with Crippen molar-refractivity contribution in [1.82, 2.24) is 5.32 Å². The highest BCUT2D eigenvalue weighted by Gasteiger charge is 2.09. The summed E-state index contributed by atoms with van der Waals surface area (Å²) >= 11 is 0. The molecule has 0 radical (unpaired) electrons. The van der Waals surface area contributed by atoms with E-state index in [1.165, 1.54) is 0 Å². The maximum Gasteiger partial charge on any atom is 0.407 e.